The monoisotopic (exact) mass is 366 g/mol. The minimum Gasteiger partial charge on any atom is -0.494 e. The van der Waals surface area contributed by atoms with Gasteiger partial charge in [-0.25, -0.2) is 9.67 Å². The van der Waals surface area contributed by atoms with E-state index in [2.05, 4.69) is 15.4 Å². The van der Waals surface area contributed by atoms with Crippen molar-refractivity contribution in [3.63, 3.8) is 0 Å². The number of halogens is 1. The Hall–Kier alpha value is -3.22. The van der Waals surface area contributed by atoms with Gasteiger partial charge in [-0.3, -0.25) is 4.79 Å². The highest BCUT2D eigenvalue weighted by molar-refractivity contribution is 6.00. The smallest absolute Gasteiger partial charge is 0.236 e. The van der Waals surface area contributed by atoms with Crippen molar-refractivity contribution in [2.24, 2.45) is 0 Å². The molecule has 0 unspecified atom stereocenters. The zero-order valence-electron chi connectivity index (χ0n) is 14.9. The summed E-state index contributed by atoms with van der Waals surface area (Å²) in [6, 6.07) is 12.3. The van der Waals surface area contributed by atoms with Crippen LogP contribution in [0, 0.1) is 5.95 Å². The molecule has 1 saturated carbocycles. The van der Waals surface area contributed by atoms with Crippen LogP contribution in [-0.2, 0) is 10.2 Å². The van der Waals surface area contributed by atoms with Gasteiger partial charge in [0, 0.05) is 24.5 Å². The van der Waals surface area contributed by atoms with Gasteiger partial charge in [0.05, 0.1) is 17.7 Å². The molecule has 0 spiro atoms. The van der Waals surface area contributed by atoms with Gasteiger partial charge in [-0.2, -0.15) is 9.49 Å². The SMILES string of the molecule is CCOc1ccc(C2(C(=O)Nc3ccn(-c4ccnc(F)c4)n3)CC2)cc1. The van der Waals surface area contributed by atoms with Crippen LogP contribution in [0.1, 0.15) is 25.3 Å². The van der Waals surface area contributed by atoms with Gasteiger partial charge in [0.15, 0.2) is 5.82 Å². The lowest BCUT2D eigenvalue weighted by Gasteiger charge is -2.15. The molecule has 4 rings (SSSR count). The zero-order chi connectivity index (χ0) is 18.9. The van der Waals surface area contributed by atoms with Gasteiger partial charge < -0.3 is 10.1 Å². The Kier molecular flexibility index (Phi) is 4.35. The van der Waals surface area contributed by atoms with E-state index >= 15 is 0 Å². The Balaban J connectivity index is 1.49. The summed E-state index contributed by atoms with van der Waals surface area (Å²) in [5.41, 5.74) is 0.992. The number of nitrogens with one attached hydrogen (secondary N) is 1. The molecule has 0 atom stereocenters. The largest absolute Gasteiger partial charge is 0.494 e. The first kappa shape index (κ1) is 17.2. The maximum absolute atomic E-state index is 13.3. The highest BCUT2D eigenvalue weighted by Gasteiger charge is 2.51. The van der Waals surface area contributed by atoms with Gasteiger partial charge in [-0.1, -0.05) is 12.1 Å². The highest BCUT2D eigenvalue weighted by Crippen LogP contribution is 2.49. The normalized spacial score (nSPS) is 14.6. The van der Waals surface area contributed by atoms with Crippen LogP contribution in [0.2, 0.25) is 0 Å². The molecule has 27 heavy (non-hydrogen) atoms. The van der Waals surface area contributed by atoms with Crippen molar-refractivity contribution < 1.29 is 13.9 Å². The summed E-state index contributed by atoms with van der Waals surface area (Å²) in [5, 5.41) is 7.18. The van der Waals surface area contributed by atoms with Gasteiger partial charge in [0.2, 0.25) is 11.9 Å². The Morgan fingerprint density at radius 2 is 2.04 bits per heavy atom. The molecule has 2 heterocycles. The number of aromatic nitrogens is 3. The molecule has 0 aliphatic heterocycles. The molecule has 7 heteroatoms. The molecule has 3 aromatic rings. The predicted molar refractivity (Wildman–Crippen MR) is 98.5 cm³/mol. The summed E-state index contributed by atoms with van der Waals surface area (Å²) < 4.78 is 20.2. The standard InChI is InChI=1S/C20H19FN4O2/c1-2-27-16-5-3-14(4-6-16)20(9-10-20)19(26)23-18-8-12-25(24-18)15-7-11-22-17(21)13-15/h3-8,11-13H,2,9-10H2,1H3,(H,23,24,26). The van der Waals surface area contributed by atoms with Crippen LogP contribution in [-0.4, -0.2) is 27.3 Å². The van der Waals surface area contributed by atoms with Gasteiger partial charge >= 0.3 is 0 Å². The van der Waals surface area contributed by atoms with Crippen LogP contribution >= 0.6 is 0 Å². The number of hydrogen-bond acceptors (Lipinski definition) is 4. The fourth-order valence-corrected chi connectivity index (χ4v) is 3.11. The van der Waals surface area contributed by atoms with E-state index in [-0.39, 0.29) is 5.91 Å². The fraction of sp³-hybridized carbons (Fsp3) is 0.250. The second kappa shape index (κ2) is 6.83. The van der Waals surface area contributed by atoms with Gasteiger partial charge in [0.1, 0.15) is 5.75 Å². The van der Waals surface area contributed by atoms with Crippen molar-refractivity contribution in [2.45, 2.75) is 25.2 Å². The van der Waals surface area contributed by atoms with E-state index in [9.17, 15) is 9.18 Å². The first-order valence-electron chi connectivity index (χ1n) is 8.83. The molecular weight excluding hydrogens is 347 g/mol. The van der Waals surface area contributed by atoms with Crippen molar-refractivity contribution in [3.05, 3.63) is 66.4 Å². The van der Waals surface area contributed by atoms with Crippen molar-refractivity contribution in [1.82, 2.24) is 14.8 Å². The van der Waals surface area contributed by atoms with Crippen molar-refractivity contribution in [1.29, 1.82) is 0 Å². The Morgan fingerprint density at radius 3 is 2.70 bits per heavy atom. The molecule has 0 saturated heterocycles. The minimum absolute atomic E-state index is 0.0854. The Labute approximate surface area is 156 Å². The summed E-state index contributed by atoms with van der Waals surface area (Å²) >= 11 is 0. The predicted octanol–water partition coefficient (Wildman–Crippen LogP) is 3.48. The third-order valence-electron chi connectivity index (χ3n) is 4.71. The molecule has 1 amide bonds. The maximum atomic E-state index is 13.3. The lowest BCUT2D eigenvalue weighted by Crippen LogP contribution is -2.28. The third kappa shape index (κ3) is 3.40. The van der Waals surface area contributed by atoms with Crippen LogP contribution in [0.25, 0.3) is 5.69 Å². The van der Waals surface area contributed by atoms with E-state index in [0.717, 1.165) is 24.2 Å². The van der Waals surface area contributed by atoms with Crippen LogP contribution in [0.15, 0.2) is 54.9 Å². The maximum Gasteiger partial charge on any atom is 0.236 e. The molecule has 0 radical (unpaired) electrons. The molecule has 2 aromatic heterocycles. The van der Waals surface area contributed by atoms with E-state index in [1.807, 2.05) is 31.2 Å². The Bertz CT molecular complexity index is 964. The first-order valence-corrected chi connectivity index (χ1v) is 8.83. The highest BCUT2D eigenvalue weighted by atomic mass is 19.1. The second-order valence-corrected chi connectivity index (χ2v) is 6.48. The second-order valence-electron chi connectivity index (χ2n) is 6.48. The summed E-state index contributed by atoms with van der Waals surface area (Å²) in [7, 11) is 0. The number of carbonyl (C=O) groups excluding carboxylic acids is 1. The number of anilines is 1. The van der Waals surface area contributed by atoms with E-state index in [1.165, 1.54) is 16.9 Å². The molecule has 1 fully saturated rings. The molecule has 6 nitrogen and oxygen atoms in total. The minimum atomic E-state index is -0.582. The van der Waals surface area contributed by atoms with Gasteiger partial charge in [0.25, 0.3) is 0 Å². The molecule has 1 aliphatic carbocycles. The molecule has 1 N–H and O–H groups in total. The first-order chi connectivity index (χ1) is 13.1. The lowest BCUT2D eigenvalue weighted by atomic mass is 9.95. The number of hydrogen-bond donors (Lipinski definition) is 1. The summed E-state index contributed by atoms with van der Waals surface area (Å²) in [5.74, 6) is 0.550. The number of pyridine rings is 1. The van der Waals surface area contributed by atoms with Crippen molar-refractivity contribution in [2.75, 3.05) is 11.9 Å². The average molecular weight is 366 g/mol. The molecular formula is C20H19FN4O2. The molecule has 1 aliphatic rings. The molecule has 1 aromatic carbocycles. The third-order valence-corrected chi connectivity index (χ3v) is 4.71. The van der Waals surface area contributed by atoms with Gasteiger partial charge in [-0.15, -0.1) is 0 Å². The van der Waals surface area contributed by atoms with Crippen LogP contribution in [0.4, 0.5) is 10.2 Å². The lowest BCUT2D eigenvalue weighted by molar-refractivity contribution is -0.118. The quantitative estimate of drug-likeness (QED) is 0.678. The van der Waals surface area contributed by atoms with Crippen molar-refractivity contribution in [3.8, 4) is 11.4 Å². The summed E-state index contributed by atoms with van der Waals surface area (Å²) in [6.45, 7) is 2.54. The van der Waals surface area contributed by atoms with E-state index in [0.29, 0.717) is 18.1 Å². The fourth-order valence-electron chi connectivity index (χ4n) is 3.11. The van der Waals surface area contributed by atoms with E-state index < -0.39 is 11.4 Å². The summed E-state index contributed by atoms with van der Waals surface area (Å²) in [4.78, 5) is 16.4. The number of amides is 1. The summed E-state index contributed by atoms with van der Waals surface area (Å²) in [6.07, 6.45) is 4.63. The van der Waals surface area contributed by atoms with Crippen LogP contribution < -0.4 is 10.1 Å². The van der Waals surface area contributed by atoms with Gasteiger partial charge in [-0.05, 0) is 43.5 Å². The van der Waals surface area contributed by atoms with E-state index in [1.54, 1.807) is 18.3 Å². The number of rotatable bonds is 6. The average Bonchev–Trinajstić information content (AvgIpc) is 3.36. The number of carbonyl (C=O) groups is 1. The number of ether oxygens (including phenoxy) is 1. The number of nitrogens with zero attached hydrogens (tertiary/aromatic N) is 3. The van der Waals surface area contributed by atoms with Crippen LogP contribution in [0.5, 0.6) is 5.75 Å². The van der Waals surface area contributed by atoms with Crippen LogP contribution in [0.3, 0.4) is 0 Å². The zero-order valence-corrected chi connectivity index (χ0v) is 14.9. The molecule has 138 valence electrons. The Morgan fingerprint density at radius 1 is 1.26 bits per heavy atom. The van der Waals surface area contributed by atoms with E-state index in [4.69, 9.17) is 4.74 Å². The number of benzene rings is 1. The molecule has 0 bridgehead atoms. The topological polar surface area (TPSA) is 69.0 Å². The van der Waals surface area contributed by atoms with Crippen molar-refractivity contribution >= 4 is 11.7 Å².